The monoisotopic (exact) mass is 586 g/mol. The number of rotatable bonds is 7. The summed E-state index contributed by atoms with van der Waals surface area (Å²) in [7, 11) is 0. The average molecular weight is 587 g/mol. The van der Waals surface area contributed by atoms with Crippen LogP contribution in [0.25, 0.3) is 54.2 Å². The van der Waals surface area contributed by atoms with Crippen LogP contribution in [0.1, 0.15) is 37.8 Å². The molecular formula is C38H34O6. The van der Waals surface area contributed by atoms with Gasteiger partial charge in [-0.3, -0.25) is 0 Å². The van der Waals surface area contributed by atoms with E-state index in [0.29, 0.717) is 24.3 Å². The summed E-state index contributed by atoms with van der Waals surface area (Å²) in [5.41, 5.74) is 3.94. The molecule has 222 valence electrons. The SMILES string of the molecule is CCCOC(=O)Oc1c2ccccc2c(-c2c3ccccc3c(OC(=O)OCCC)c3c(C)cccc23)c2cccc(C)c12. The predicted molar refractivity (Wildman–Crippen MR) is 176 cm³/mol. The van der Waals surface area contributed by atoms with Crippen LogP contribution in [0.4, 0.5) is 9.59 Å². The van der Waals surface area contributed by atoms with Crippen molar-refractivity contribution in [3.8, 4) is 22.6 Å². The lowest BCUT2D eigenvalue weighted by molar-refractivity contribution is 0.0991. The van der Waals surface area contributed by atoms with Crippen LogP contribution in [0.2, 0.25) is 0 Å². The van der Waals surface area contributed by atoms with Gasteiger partial charge in [-0.1, -0.05) is 98.8 Å². The van der Waals surface area contributed by atoms with Crippen molar-refractivity contribution in [2.24, 2.45) is 0 Å². The van der Waals surface area contributed by atoms with Crippen LogP contribution in [0.15, 0.2) is 84.9 Å². The van der Waals surface area contributed by atoms with Crippen LogP contribution >= 0.6 is 0 Å². The van der Waals surface area contributed by atoms with E-state index in [1.807, 2.05) is 88.4 Å². The second-order valence-electron chi connectivity index (χ2n) is 10.9. The third kappa shape index (κ3) is 5.06. The van der Waals surface area contributed by atoms with Gasteiger partial charge in [-0.05, 0) is 70.5 Å². The van der Waals surface area contributed by atoms with Crippen LogP contribution in [0, 0.1) is 13.8 Å². The molecule has 6 aromatic rings. The van der Waals surface area contributed by atoms with Crippen molar-refractivity contribution in [1.82, 2.24) is 0 Å². The van der Waals surface area contributed by atoms with Gasteiger partial charge >= 0.3 is 12.3 Å². The van der Waals surface area contributed by atoms with Gasteiger partial charge in [-0.25, -0.2) is 9.59 Å². The summed E-state index contributed by atoms with van der Waals surface area (Å²) in [4.78, 5) is 25.6. The number of carbonyl (C=O) groups is 2. The predicted octanol–water partition coefficient (Wildman–Crippen LogP) is 10.4. The van der Waals surface area contributed by atoms with Crippen molar-refractivity contribution in [1.29, 1.82) is 0 Å². The summed E-state index contributed by atoms with van der Waals surface area (Å²) in [6.07, 6.45) is -0.0523. The Balaban J connectivity index is 1.75. The Morgan fingerprint density at radius 1 is 0.500 bits per heavy atom. The van der Waals surface area contributed by atoms with E-state index in [9.17, 15) is 9.59 Å². The van der Waals surface area contributed by atoms with Crippen molar-refractivity contribution < 1.29 is 28.5 Å². The Bertz CT molecular complexity index is 1910. The normalized spacial score (nSPS) is 11.3. The molecule has 0 bridgehead atoms. The van der Waals surface area contributed by atoms with Crippen LogP contribution in [-0.4, -0.2) is 25.5 Å². The highest BCUT2D eigenvalue weighted by Gasteiger charge is 2.25. The highest BCUT2D eigenvalue weighted by molar-refractivity contribution is 6.27. The van der Waals surface area contributed by atoms with Crippen molar-refractivity contribution in [3.05, 3.63) is 96.1 Å². The number of ether oxygens (including phenoxy) is 4. The molecule has 0 saturated carbocycles. The summed E-state index contributed by atoms with van der Waals surface area (Å²) in [6.45, 7) is 8.48. The van der Waals surface area contributed by atoms with Crippen LogP contribution in [-0.2, 0) is 9.47 Å². The molecule has 0 saturated heterocycles. The molecule has 0 radical (unpaired) electrons. The lowest BCUT2D eigenvalue weighted by atomic mass is 9.84. The molecule has 0 N–H and O–H groups in total. The van der Waals surface area contributed by atoms with Crippen molar-refractivity contribution in [3.63, 3.8) is 0 Å². The number of benzene rings is 6. The summed E-state index contributed by atoms with van der Waals surface area (Å²) in [5.74, 6) is 0.948. The fourth-order valence-corrected chi connectivity index (χ4v) is 6.06. The molecule has 0 aromatic heterocycles. The molecule has 6 nitrogen and oxygen atoms in total. The minimum absolute atomic E-state index is 0.281. The lowest BCUT2D eigenvalue weighted by Gasteiger charge is -2.22. The fraction of sp³-hybridized carbons (Fsp3) is 0.211. The second kappa shape index (κ2) is 12.3. The Kier molecular flexibility index (Phi) is 8.07. The second-order valence-corrected chi connectivity index (χ2v) is 10.9. The molecule has 6 rings (SSSR count). The van der Waals surface area contributed by atoms with E-state index in [-0.39, 0.29) is 13.2 Å². The van der Waals surface area contributed by atoms with E-state index >= 15 is 0 Å². The number of fused-ring (bicyclic) bond motifs is 4. The van der Waals surface area contributed by atoms with Gasteiger partial charge in [0.2, 0.25) is 0 Å². The van der Waals surface area contributed by atoms with Gasteiger partial charge in [0, 0.05) is 21.5 Å². The van der Waals surface area contributed by atoms with Crippen molar-refractivity contribution in [2.75, 3.05) is 13.2 Å². The molecule has 0 aliphatic rings. The first kappa shape index (κ1) is 29.0. The highest BCUT2D eigenvalue weighted by Crippen LogP contribution is 2.51. The van der Waals surface area contributed by atoms with Crippen LogP contribution < -0.4 is 9.47 Å². The highest BCUT2D eigenvalue weighted by atomic mass is 16.7. The molecule has 0 atom stereocenters. The molecule has 44 heavy (non-hydrogen) atoms. The summed E-state index contributed by atoms with van der Waals surface area (Å²) in [5, 5.41) is 6.99. The minimum Gasteiger partial charge on any atom is -0.434 e. The maximum Gasteiger partial charge on any atom is 0.513 e. The van der Waals surface area contributed by atoms with Crippen molar-refractivity contribution in [2.45, 2.75) is 40.5 Å². The Morgan fingerprint density at radius 3 is 1.25 bits per heavy atom. The number of carbonyl (C=O) groups excluding carboxylic acids is 2. The topological polar surface area (TPSA) is 71.1 Å². The molecule has 6 aromatic carbocycles. The number of hydrogen-bond donors (Lipinski definition) is 0. The molecule has 0 unspecified atom stereocenters. The Hall–Kier alpha value is -5.10. The summed E-state index contributed by atoms with van der Waals surface area (Å²) in [6, 6.07) is 28.1. The quantitative estimate of drug-likeness (QED) is 0.105. The number of aryl methyl sites for hydroxylation is 2. The summed E-state index contributed by atoms with van der Waals surface area (Å²) < 4.78 is 22.6. The first-order valence-electron chi connectivity index (χ1n) is 15.0. The molecular weight excluding hydrogens is 552 g/mol. The Morgan fingerprint density at radius 2 is 0.864 bits per heavy atom. The van der Waals surface area contributed by atoms with Gasteiger partial charge in [0.15, 0.2) is 11.5 Å². The lowest BCUT2D eigenvalue weighted by Crippen LogP contribution is -2.12. The third-order valence-electron chi connectivity index (χ3n) is 7.89. The zero-order chi connectivity index (χ0) is 30.8. The maximum absolute atomic E-state index is 12.8. The van der Waals surface area contributed by atoms with Gasteiger partial charge in [-0.2, -0.15) is 0 Å². The largest absolute Gasteiger partial charge is 0.513 e. The molecule has 0 aliphatic heterocycles. The van der Waals surface area contributed by atoms with E-state index in [1.165, 1.54) is 0 Å². The minimum atomic E-state index is -0.725. The van der Waals surface area contributed by atoms with Gasteiger partial charge in [-0.15, -0.1) is 0 Å². The van der Waals surface area contributed by atoms with Crippen LogP contribution in [0.5, 0.6) is 11.5 Å². The molecule has 6 heteroatoms. The van der Waals surface area contributed by atoms with E-state index in [4.69, 9.17) is 18.9 Å². The summed E-state index contributed by atoms with van der Waals surface area (Å²) >= 11 is 0. The van der Waals surface area contributed by atoms with Gasteiger partial charge < -0.3 is 18.9 Å². The molecule has 0 fully saturated rings. The van der Waals surface area contributed by atoms with Gasteiger partial charge in [0.05, 0.1) is 13.2 Å². The van der Waals surface area contributed by atoms with Gasteiger partial charge in [0.1, 0.15) is 0 Å². The Labute approximate surface area is 256 Å². The van der Waals surface area contributed by atoms with Crippen molar-refractivity contribution >= 4 is 55.4 Å². The molecule has 0 amide bonds. The first-order chi connectivity index (χ1) is 21.4. The van der Waals surface area contributed by atoms with E-state index in [0.717, 1.165) is 65.3 Å². The number of hydrogen-bond acceptors (Lipinski definition) is 6. The van der Waals surface area contributed by atoms with E-state index < -0.39 is 12.3 Å². The fourth-order valence-electron chi connectivity index (χ4n) is 6.06. The standard InChI is InChI=1S/C38H34O6/c1-5-21-41-37(39)43-35-27-17-9-7-15-25(27)33(29-19-11-13-23(3)31(29)35)34-26-16-8-10-18-28(26)36(44-38(40)42-22-6-2)32-24(4)14-12-20-30(32)34/h7-20H,5-6,21-22H2,1-4H3. The van der Waals surface area contributed by atoms with E-state index in [1.54, 1.807) is 0 Å². The first-order valence-corrected chi connectivity index (χ1v) is 15.0. The zero-order valence-electron chi connectivity index (χ0n) is 25.4. The molecule has 0 heterocycles. The molecule has 0 spiro atoms. The maximum atomic E-state index is 12.8. The smallest absolute Gasteiger partial charge is 0.434 e. The average Bonchev–Trinajstić information content (AvgIpc) is 3.03. The zero-order valence-corrected chi connectivity index (χ0v) is 25.4. The van der Waals surface area contributed by atoms with Gasteiger partial charge in [0.25, 0.3) is 0 Å². The third-order valence-corrected chi connectivity index (χ3v) is 7.89. The molecule has 0 aliphatic carbocycles. The van der Waals surface area contributed by atoms with E-state index in [2.05, 4.69) is 24.3 Å². The van der Waals surface area contributed by atoms with Crippen LogP contribution in [0.3, 0.4) is 0 Å².